The number of nitrogens with one attached hydrogen (secondary N) is 1. The first-order chi connectivity index (χ1) is 14.3. The summed E-state index contributed by atoms with van der Waals surface area (Å²) in [6, 6.07) is 20.7. The van der Waals surface area contributed by atoms with Crippen LogP contribution in [0.5, 0.6) is 0 Å². The Balaban J connectivity index is 1.45. The van der Waals surface area contributed by atoms with E-state index in [0.29, 0.717) is 0 Å². The Labute approximate surface area is 176 Å². The van der Waals surface area contributed by atoms with Crippen molar-refractivity contribution in [3.8, 4) is 22.5 Å². The number of thiol groups is 1. The first-order valence-corrected chi connectivity index (χ1v) is 10.5. The molecule has 0 aliphatic carbocycles. The van der Waals surface area contributed by atoms with Crippen molar-refractivity contribution >= 4 is 12.6 Å². The molecule has 4 rings (SSSR count). The number of aryl methyl sites for hydroxylation is 1. The van der Waals surface area contributed by atoms with Crippen molar-refractivity contribution in [2.75, 3.05) is 0 Å². The molecule has 0 saturated carbocycles. The third-order valence-electron chi connectivity index (χ3n) is 4.98. The summed E-state index contributed by atoms with van der Waals surface area (Å²) < 4.78 is 1.88. The topological polar surface area (TPSA) is 59.4 Å². The Kier molecular flexibility index (Phi) is 6.42. The zero-order chi connectivity index (χ0) is 19.9. The van der Waals surface area contributed by atoms with E-state index in [4.69, 9.17) is 17.6 Å². The van der Waals surface area contributed by atoms with Crippen LogP contribution in [-0.4, -0.2) is 24.7 Å². The lowest BCUT2D eigenvalue weighted by molar-refractivity contribution is 0.531. The molecule has 1 N–H and O–H groups in total. The zero-order valence-corrected chi connectivity index (χ0v) is 17.2. The van der Waals surface area contributed by atoms with Gasteiger partial charge in [-0.1, -0.05) is 73.5 Å². The van der Waals surface area contributed by atoms with Crippen LogP contribution < -0.4 is 0 Å². The van der Waals surface area contributed by atoms with Gasteiger partial charge in [0, 0.05) is 17.7 Å². The van der Waals surface area contributed by atoms with Crippen molar-refractivity contribution in [1.82, 2.24) is 24.7 Å². The number of H-pyrrole nitrogens is 1. The highest BCUT2D eigenvalue weighted by molar-refractivity contribution is 7.80. The highest BCUT2D eigenvalue weighted by atomic mass is 32.1. The average Bonchev–Trinajstić information content (AvgIpc) is 3.45. The maximum absolute atomic E-state index is 4.94. The van der Waals surface area contributed by atoms with Crippen LogP contribution >= 0.6 is 12.6 Å². The number of aromatic amines is 1. The minimum absolute atomic E-state index is 0.0845. The largest absolute Gasteiger partial charge is 0.341 e. The lowest BCUT2D eigenvalue weighted by Crippen LogP contribution is -1.99. The Morgan fingerprint density at radius 3 is 2.31 bits per heavy atom. The molecule has 0 aliphatic rings. The lowest BCUT2D eigenvalue weighted by atomic mass is 10.1. The smallest absolute Gasteiger partial charge is 0.137 e. The van der Waals surface area contributed by atoms with Gasteiger partial charge in [-0.25, -0.2) is 9.97 Å². The number of hydrogen-bond acceptors (Lipinski definition) is 4. The van der Waals surface area contributed by atoms with Gasteiger partial charge in [0.05, 0.1) is 16.6 Å². The summed E-state index contributed by atoms with van der Waals surface area (Å²) in [6.07, 6.45) is 7.65. The molecule has 0 bridgehead atoms. The van der Waals surface area contributed by atoms with Crippen LogP contribution in [0.1, 0.15) is 36.8 Å². The molecule has 0 radical (unpaired) electrons. The van der Waals surface area contributed by atoms with Gasteiger partial charge in [-0.2, -0.15) is 17.7 Å². The maximum atomic E-state index is 4.94. The van der Waals surface area contributed by atoms with Crippen LogP contribution in [-0.2, 0) is 6.54 Å². The molecular weight excluding hydrogens is 378 g/mol. The van der Waals surface area contributed by atoms with Crippen LogP contribution in [0.4, 0.5) is 0 Å². The molecule has 6 heteroatoms. The number of unbranched alkanes of at least 4 members (excludes halogenated alkanes) is 2. The van der Waals surface area contributed by atoms with E-state index in [1.54, 1.807) is 12.7 Å². The van der Waals surface area contributed by atoms with Gasteiger partial charge < -0.3 is 4.98 Å². The molecule has 2 aromatic heterocycles. The Bertz CT molecular complexity index is 939. The van der Waals surface area contributed by atoms with Crippen LogP contribution in [0.15, 0.2) is 73.3 Å². The fraction of sp³-hybridized carbons (Fsp3) is 0.261. The first-order valence-electron chi connectivity index (χ1n) is 10.0. The van der Waals surface area contributed by atoms with Gasteiger partial charge in [-0.3, -0.25) is 4.68 Å². The Morgan fingerprint density at radius 1 is 0.897 bits per heavy atom. The number of nitrogens with zero attached hydrogens (tertiary/aromatic N) is 4. The van der Waals surface area contributed by atoms with Crippen LogP contribution in [0.25, 0.3) is 22.5 Å². The minimum atomic E-state index is 0.0845. The predicted molar refractivity (Wildman–Crippen MR) is 120 cm³/mol. The monoisotopic (exact) mass is 403 g/mol. The molecule has 148 valence electrons. The summed E-state index contributed by atoms with van der Waals surface area (Å²) in [4.78, 5) is 12.5. The second-order valence-corrected chi connectivity index (χ2v) is 7.72. The van der Waals surface area contributed by atoms with Crippen molar-refractivity contribution < 1.29 is 0 Å². The summed E-state index contributed by atoms with van der Waals surface area (Å²) >= 11 is 4.85. The van der Waals surface area contributed by atoms with Crippen molar-refractivity contribution in [1.29, 1.82) is 0 Å². The van der Waals surface area contributed by atoms with Gasteiger partial charge in [0.2, 0.25) is 0 Å². The van der Waals surface area contributed by atoms with Crippen molar-refractivity contribution in [3.05, 3.63) is 79.1 Å². The van der Waals surface area contributed by atoms with Gasteiger partial charge in [-0.15, -0.1) is 0 Å². The van der Waals surface area contributed by atoms with E-state index in [0.717, 1.165) is 60.6 Å². The first kappa shape index (κ1) is 19.5. The van der Waals surface area contributed by atoms with E-state index >= 15 is 0 Å². The molecule has 4 aromatic rings. The van der Waals surface area contributed by atoms with Crippen LogP contribution in [0.2, 0.25) is 0 Å². The average molecular weight is 404 g/mol. The third-order valence-corrected chi connectivity index (χ3v) is 5.48. The molecule has 29 heavy (non-hydrogen) atoms. The van der Waals surface area contributed by atoms with Crippen LogP contribution in [0, 0.1) is 0 Å². The summed E-state index contributed by atoms with van der Waals surface area (Å²) in [5.41, 5.74) is 4.29. The Morgan fingerprint density at radius 2 is 1.62 bits per heavy atom. The van der Waals surface area contributed by atoms with Gasteiger partial charge in [0.1, 0.15) is 18.5 Å². The zero-order valence-electron chi connectivity index (χ0n) is 16.3. The quantitative estimate of drug-likeness (QED) is 0.284. The molecule has 5 nitrogen and oxygen atoms in total. The highest BCUT2D eigenvalue weighted by Gasteiger charge is 2.17. The molecule has 0 spiro atoms. The fourth-order valence-corrected chi connectivity index (χ4v) is 3.75. The van der Waals surface area contributed by atoms with E-state index in [9.17, 15) is 0 Å². The SMILES string of the molecule is SC(CCCCCn1cncn1)c1nc(-c2ccccc2)c(-c2ccccc2)[nH]1. The van der Waals surface area contributed by atoms with Crippen molar-refractivity contribution in [3.63, 3.8) is 0 Å². The summed E-state index contributed by atoms with van der Waals surface area (Å²) in [5, 5.41) is 4.23. The fourth-order valence-electron chi connectivity index (χ4n) is 3.44. The van der Waals surface area contributed by atoms with E-state index in [1.165, 1.54) is 0 Å². The normalized spacial score (nSPS) is 12.2. The van der Waals surface area contributed by atoms with Crippen LogP contribution in [0.3, 0.4) is 0 Å². The summed E-state index contributed by atoms with van der Waals surface area (Å²) in [7, 11) is 0. The molecule has 0 fully saturated rings. The van der Waals surface area contributed by atoms with E-state index in [-0.39, 0.29) is 5.25 Å². The van der Waals surface area contributed by atoms with E-state index < -0.39 is 0 Å². The maximum Gasteiger partial charge on any atom is 0.137 e. The molecule has 1 atom stereocenters. The number of hydrogen-bond donors (Lipinski definition) is 2. The summed E-state index contributed by atoms with van der Waals surface area (Å²) in [5.74, 6) is 0.933. The molecule has 0 aliphatic heterocycles. The molecule has 1 unspecified atom stereocenters. The predicted octanol–water partition coefficient (Wildman–Crippen LogP) is 5.57. The number of benzene rings is 2. The van der Waals surface area contributed by atoms with Gasteiger partial charge in [0.15, 0.2) is 0 Å². The highest BCUT2D eigenvalue weighted by Crippen LogP contribution is 2.34. The third kappa shape index (κ3) is 4.95. The minimum Gasteiger partial charge on any atom is -0.341 e. The second kappa shape index (κ2) is 9.56. The van der Waals surface area contributed by atoms with E-state index in [1.807, 2.05) is 28.9 Å². The van der Waals surface area contributed by atoms with E-state index in [2.05, 4.69) is 51.5 Å². The lowest BCUT2D eigenvalue weighted by Gasteiger charge is -2.07. The molecule has 2 aromatic carbocycles. The summed E-state index contributed by atoms with van der Waals surface area (Å²) in [6.45, 7) is 0.911. The molecular formula is C23H25N5S. The second-order valence-electron chi connectivity index (χ2n) is 7.10. The van der Waals surface area contributed by atoms with Gasteiger partial charge in [-0.05, 0) is 12.8 Å². The number of imidazole rings is 1. The van der Waals surface area contributed by atoms with Crippen molar-refractivity contribution in [2.24, 2.45) is 0 Å². The van der Waals surface area contributed by atoms with Gasteiger partial charge in [0.25, 0.3) is 0 Å². The van der Waals surface area contributed by atoms with Gasteiger partial charge >= 0.3 is 0 Å². The molecule has 0 saturated heterocycles. The number of aromatic nitrogens is 5. The van der Waals surface area contributed by atoms with Crippen molar-refractivity contribution in [2.45, 2.75) is 37.5 Å². The molecule has 0 amide bonds. The molecule has 2 heterocycles. The standard InChI is InChI=1S/C23H25N5S/c29-20(14-8-3-9-15-28-17-24-16-25-28)23-26-21(18-10-4-1-5-11-18)22(27-23)19-12-6-2-7-13-19/h1-2,4-7,10-13,16-17,20,29H,3,8-9,14-15H2,(H,26,27). The Hall–Kier alpha value is -2.86. The number of rotatable bonds is 9.